The van der Waals surface area contributed by atoms with Gasteiger partial charge in [-0.25, -0.2) is 9.36 Å². The molecule has 0 unspecified atom stereocenters. The molecule has 30 heavy (non-hydrogen) atoms. The molecule has 0 atom stereocenters. The summed E-state index contributed by atoms with van der Waals surface area (Å²) in [5.74, 6) is 0.404. The molecule has 4 aromatic rings. The van der Waals surface area contributed by atoms with E-state index < -0.39 is 5.91 Å². The largest absolute Gasteiger partial charge is 0.321 e. The lowest BCUT2D eigenvalue weighted by Gasteiger charge is -2.13. The van der Waals surface area contributed by atoms with E-state index in [4.69, 9.17) is 0 Å². The highest BCUT2D eigenvalue weighted by Gasteiger charge is 2.18. The van der Waals surface area contributed by atoms with Crippen LogP contribution >= 0.6 is 0 Å². The van der Waals surface area contributed by atoms with E-state index in [0.29, 0.717) is 28.8 Å². The van der Waals surface area contributed by atoms with Crippen molar-refractivity contribution in [1.29, 1.82) is 0 Å². The van der Waals surface area contributed by atoms with Crippen LogP contribution in [0.3, 0.4) is 0 Å². The van der Waals surface area contributed by atoms with Crippen LogP contribution in [0.25, 0.3) is 22.2 Å². The van der Waals surface area contributed by atoms with E-state index in [0.717, 1.165) is 5.56 Å². The number of benzene rings is 2. The Morgan fingerprint density at radius 3 is 2.57 bits per heavy atom. The number of aromatic nitrogens is 6. The van der Waals surface area contributed by atoms with Gasteiger partial charge in [-0.1, -0.05) is 44.2 Å². The van der Waals surface area contributed by atoms with Crippen LogP contribution in [0.1, 0.15) is 24.3 Å². The minimum absolute atomic E-state index is 0.201. The Balaban J connectivity index is 1.73. The SMILES string of the molecule is CC(C)Cn1nc(C(=O)Nc2cccc(-c3nnnn3C)c2)c2ccccc2c1=O. The summed E-state index contributed by atoms with van der Waals surface area (Å²) in [6.45, 7) is 4.42. The molecule has 0 aliphatic heterocycles. The molecule has 4 rings (SSSR count). The highest BCUT2D eigenvalue weighted by Crippen LogP contribution is 2.21. The molecule has 2 aromatic heterocycles. The van der Waals surface area contributed by atoms with Gasteiger partial charge in [-0.3, -0.25) is 9.59 Å². The molecule has 0 saturated carbocycles. The van der Waals surface area contributed by atoms with Crippen LogP contribution in [0, 0.1) is 5.92 Å². The van der Waals surface area contributed by atoms with Gasteiger partial charge in [0.1, 0.15) is 0 Å². The molecular weight excluding hydrogens is 382 g/mol. The number of hydrogen-bond acceptors (Lipinski definition) is 6. The van der Waals surface area contributed by atoms with Crippen LogP contribution in [-0.2, 0) is 13.6 Å². The smallest absolute Gasteiger partial charge is 0.276 e. The van der Waals surface area contributed by atoms with E-state index in [1.807, 2.05) is 26.0 Å². The number of hydrogen-bond donors (Lipinski definition) is 1. The summed E-state index contributed by atoms with van der Waals surface area (Å²) >= 11 is 0. The second-order valence-corrected chi connectivity index (χ2v) is 7.44. The predicted octanol–water partition coefficient (Wildman–Crippen LogP) is 2.50. The standard InChI is InChI=1S/C21H21N7O2/c1-13(2)12-28-21(30)17-10-5-4-9-16(17)18(24-28)20(29)22-15-8-6-7-14(11-15)19-23-25-26-27(19)3/h4-11,13H,12H2,1-3H3,(H,22,29). The van der Waals surface area contributed by atoms with E-state index in [1.165, 1.54) is 4.68 Å². The zero-order chi connectivity index (χ0) is 21.3. The zero-order valence-electron chi connectivity index (χ0n) is 16.9. The molecule has 9 heteroatoms. The predicted molar refractivity (Wildman–Crippen MR) is 113 cm³/mol. The van der Waals surface area contributed by atoms with Gasteiger partial charge < -0.3 is 5.32 Å². The van der Waals surface area contributed by atoms with Gasteiger partial charge in [0, 0.05) is 30.2 Å². The molecule has 0 aliphatic carbocycles. The maximum Gasteiger partial charge on any atom is 0.276 e. The average molecular weight is 403 g/mol. The summed E-state index contributed by atoms with van der Waals surface area (Å²) in [6.07, 6.45) is 0. The molecule has 1 amide bonds. The Morgan fingerprint density at radius 2 is 1.87 bits per heavy atom. The average Bonchev–Trinajstić information content (AvgIpc) is 3.16. The summed E-state index contributed by atoms with van der Waals surface area (Å²) in [7, 11) is 1.74. The van der Waals surface area contributed by atoms with Crippen LogP contribution < -0.4 is 10.9 Å². The van der Waals surface area contributed by atoms with Crippen molar-refractivity contribution in [3.8, 4) is 11.4 Å². The van der Waals surface area contributed by atoms with Gasteiger partial charge >= 0.3 is 0 Å². The highest BCUT2D eigenvalue weighted by molar-refractivity contribution is 6.11. The van der Waals surface area contributed by atoms with Gasteiger partial charge in [0.15, 0.2) is 11.5 Å². The van der Waals surface area contributed by atoms with Gasteiger partial charge in [-0.05, 0) is 34.5 Å². The molecule has 2 aromatic carbocycles. The molecule has 2 heterocycles. The lowest BCUT2D eigenvalue weighted by Crippen LogP contribution is -2.29. The number of anilines is 1. The second-order valence-electron chi connectivity index (χ2n) is 7.44. The van der Waals surface area contributed by atoms with Crippen molar-refractivity contribution in [3.05, 3.63) is 64.6 Å². The lowest BCUT2D eigenvalue weighted by molar-refractivity contribution is 0.102. The van der Waals surface area contributed by atoms with Crippen LogP contribution in [0.4, 0.5) is 5.69 Å². The maximum atomic E-state index is 13.1. The Morgan fingerprint density at radius 1 is 1.10 bits per heavy atom. The van der Waals surface area contributed by atoms with E-state index in [9.17, 15) is 9.59 Å². The number of carbonyl (C=O) groups is 1. The van der Waals surface area contributed by atoms with Crippen LogP contribution in [0.2, 0.25) is 0 Å². The van der Waals surface area contributed by atoms with Crippen molar-refractivity contribution in [1.82, 2.24) is 30.0 Å². The maximum absolute atomic E-state index is 13.1. The minimum Gasteiger partial charge on any atom is -0.321 e. The van der Waals surface area contributed by atoms with Crippen molar-refractivity contribution in [2.45, 2.75) is 20.4 Å². The second kappa shape index (κ2) is 7.86. The van der Waals surface area contributed by atoms with E-state index >= 15 is 0 Å². The van der Waals surface area contributed by atoms with E-state index in [1.54, 1.807) is 48.1 Å². The summed E-state index contributed by atoms with van der Waals surface area (Å²) < 4.78 is 2.92. The number of carbonyl (C=O) groups excluding carboxylic acids is 1. The van der Waals surface area contributed by atoms with Gasteiger partial charge in [0.2, 0.25) is 0 Å². The van der Waals surface area contributed by atoms with Gasteiger partial charge in [0.05, 0.1) is 5.39 Å². The number of nitrogens with zero attached hydrogens (tertiary/aromatic N) is 6. The van der Waals surface area contributed by atoms with E-state index in [-0.39, 0.29) is 17.2 Å². The molecule has 0 spiro atoms. The van der Waals surface area contributed by atoms with Crippen molar-refractivity contribution < 1.29 is 4.79 Å². The normalized spacial score (nSPS) is 11.2. The molecular formula is C21H21N7O2. The monoisotopic (exact) mass is 403 g/mol. The number of fused-ring (bicyclic) bond motifs is 1. The fraction of sp³-hybridized carbons (Fsp3) is 0.238. The van der Waals surface area contributed by atoms with Crippen molar-refractivity contribution in [2.75, 3.05) is 5.32 Å². The molecule has 0 fully saturated rings. The van der Waals surface area contributed by atoms with Crippen molar-refractivity contribution in [2.24, 2.45) is 13.0 Å². The molecule has 0 radical (unpaired) electrons. The lowest BCUT2D eigenvalue weighted by atomic mass is 10.1. The first kappa shape index (κ1) is 19.4. The molecule has 9 nitrogen and oxygen atoms in total. The Hall–Kier alpha value is -3.88. The minimum atomic E-state index is -0.392. The first-order chi connectivity index (χ1) is 14.4. The molecule has 0 bridgehead atoms. The summed E-state index contributed by atoms with van der Waals surface area (Å²) in [4.78, 5) is 25.9. The Bertz CT molecular complexity index is 1290. The van der Waals surface area contributed by atoms with E-state index in [2.05, 4.69) is 25.9 Å². The number of amides is 1. The number of aryl methyl sites for hydroxylation is 1. The van der Waals surface area contributed by atoms with Crippen LogP contribution in [-0.4, -0.2) is 35.9 Å². The number of nitrogens with one attached hydrogen (secondary N) is 1. The van der Waals surface area contributed by atoms with Crippen LogP contribution in [0.15, 0.2) is 53.3 Å². The van der Waals surface area contributed by atoms with Crippen molar-refractivity contribution >= 4 is 22.4 Å². The number of tetrazole rings is 1. The first-order valence-corrected chi connectivity index (χ1v) is 9.58. The van der Waals surface area contributed by atoms with Crippen LogP contribution in [0.5, 0.6) is 0 Å². The first-order valence-electron chi connectivity index (χ1n) is 9.58. The quantitative estimate of drug-likeness (QED) is 0.549. The summed E-state index contributed by atoms with van der Waals surface area (Å²) in [5.41, 5.74) is 1.35. The highest BCUT2D eigenvalue weighted by atomic mass is 16.2. The molecule has 0 saturated heterocycles. The van der Waals surface area contributed by atoms with Gasteiger partial charge in [0.25, 0.3) is 11.5 Å². The molecule has 152 valence electrons. The fourth-order valence-electron chi connectivity index (χ4n) is 3.27. The fourth-order valence-corrected chi connectivity index (χ4v) is 3.27. The van der Waals surface area contributed by atoms with Gasteiger partial charge in [-0.2, -0.15) is 5.10 Å². The molecule has 0 aliphatic rings. The third-order valence-corrected chi connectivity index (χ3v) is 4.62. The Kier molecular flexibility index (Phi) is 5.09. The zero-order valence-corrected chi connectivity index (χ0v) is 16.9. The van der Waals surface area contributed by atoms with Crippen molar-refractivity contribution in [3.63, 3.8) is 0 Å². The van der Waals surface area contributed by atoms with Gasteiger partial charge in [-0.15, -0.1) is 5.10 Å². The molecule has 1 N–H and O–H groups in total. The summed E-state index contributed by atoms with van der Waals surface area (Å²) in [6, 6.07) is 14.3. The Labute approximate surface area is 172 Å². The summed E-state index contributed by atoms with van der Waals surface area (Å²) in [5, 5.41) is 19.7. The topological polar surface area (TPSA) is 108 Å². The third-order valence-electron chi connectivity index (χ3n) is 4.62. The third kappa shape index (κ3) is 3.69. The number of rotatable bonds is 5.